The molecule has 0 radical (unpaired) electrons. The Morgan fingerprint density at radius 2 is 1.68 bits per heavy atom. The number of ether oxygens (including phenoxy) is 2. The minimum Gasteiger partial charge on any atom is -0.457 e. The number of rotatable bonds is 6. The molecule has 0 saturated heterocycles. The summed E-state index contributed by atoms with van der Waals surface area (Å²) in [5.41, 5.74) is 0. The first kappa shape index (κ1) is 16.0. The molecule has 0 aromatic carbocycles. The molecule has 0 aliphatic heterocycles. The summed E-state index contributed by atoms with van der Waals surface area (Å²) < 4.78 is 9.89. The Morgan fingerprint density at radius 1 is 1.05 bits per heavy atom. The fourth-order valence-electron chi connectivity index (χ4n) is 2.32. The van der Waals surface area contributed by atoms with Crippen LogP contribution in [0.5, 0.6) is 0 Å². The second-order valence-electron chi connectivity index (χ2n) is 5.77. The van der Waals surface area contributed by atoms with Crippen LogP contribution in [0.15, 0.2) is 0 Å². The van der Waals surface area contributed by atoms with Gasteiger partial charge in [-0.05, 0) is 37.5 Å². The van der Waals surface area contributed by atoms with Crippen LogP contribution in [0.4, 0.5) is 0 Å². The van der Waals surface area contributed by atoms with Gasteiger partial charge >= 0.3 is 11.9 Å². The van der Waals surface area contributed by atoms with E-state index in [1.54, 1.807) is 0 Å². The lowest BCUT2D eigenvalue weighted by Crippen LogP contribution is -2.24. The third kappa shape index (κ3) is 7.19. The Kier molecular flexibility index (Phi) is 7.53. The van der Waals surface area contributed by atoms with Crippen LogP contribution in [0.1, 0.15) is 58.8 Å². The summed E-state index contributed by atoms with van der Waals surface area (Å²) in [5, 5.41) is 0. The van der Waals surface area contributed by atoms with E-state index in [0.717, 1.165) is 25.7 Å². The molecule has 1 rings (SSSR count). The molecule has 0 amide bonds. The van der Waals surface area contributed by atoms with Gasteiger partial charge in [0.05, 0.1) is 13.2 Å². The van der Waals surface area contributed by atoms with E-state index >= 15 is 0 Å². The molecule has 0 aromatic rings. The van der Waals surface area contributed by atoms with Gasteiger partial charge in [0, 0.05) is 0 Å². The van der Waals surface area contributed by atoms with Gasteiger partial charge in [-0.25, -0.2) is 9.59 Å². The third-order valence-corrected chi connectivity index (χ3v) is 3.50. The highest BCUT2D eigenvalue weighted by Gasteiger charge is 2.20. The average molecular weight is 270 g/mol. The van der Waals surface area contributed by atoms with Crippen molar-refractivity contribution in [2.75, 3.05) is 13.2 Å². The van der Waals surface area contributed by atoms with Crippen molar-refractivity contribution in [1.29, 1.82) is 0 Å². The molecule has 0 spiro atoms. The Balaban J connectivity index is 2.08. The quantitative estimate of drug-likeness (QED) is 0.423. The van der Waals surface area contributed by atoms with Crippen molar-refractivity contribution in [2.24, 2.45) is 11.8 Å². The van der Waals surface area contributed by atoms with E-state index in [2.05, 4.69) is 13.8 Å². The highest BCUT2D eigenvalue weighted by molar-refractivity contribution is 6.29. The predicted molar refractivity (Wildman–Crippen MR) is 72.6 cm³/mol. The average Bonchev–Trinajstić information content (AvgIpc) is 2.41. The van der Waals surface area contributed by atoms with Gasteiger partial charge in [-0.2, -0.15) is 0 Å². The monoisotopic (exact) mass is 270 g/mol. The third-order valence-electron chi connectivity index (χ3n) is 3.50. The van der Waals surface area contributed by atoms with Crippen molar-refractivity contribution in [3.05, 3.63) is 0 Å². The summed E-state index contributed by atoms with van der Waals surface area (Å²) in [6.45, 7) is 4.88. The van der Waals surface area contributed by atoms with Gasteiger partial charge in [0.1, 0.15) is 0 Å². The lowest BCUT2D eigenvalue weighted by atomic mass is 9.90. The van der Waals surface area contributed by atoms with Crippen LogP contribution in [-0.2, 0) is 19.1 Å². The molecule has 4 heteroatoms. The predicted octanol–water partition coefficient (Wildman–Crippen LogP) is 3.09. The molecular formula is C15H26O4. The second kappa shape index (κ2) is 8.94. The second-order valence-corrected chi connectivity index (χ2v) is 5.77. The summed E-state index contributed by atoms with van der Waals surface area (Å²) in [6, 6.07) is 0. The maximum atomic E-state index is 11.4. The van der Waals surface area contributed by atoms with Crippen molar-refractivity contribution in [2.45, 2.75) is 58.8 Å². The fourth-order valence-corrected chi connectivity index (χ4v) is 2.32. The molecule has 0 unspecified atom stereocenters. The minimum absolute atomic E-state index is 0.301. The largest absolute Gasteiger partial charge is 0.457 e. The highest BCUT2D eigenvalue weighted by Crippen LogP contribution is 2.23. The van der Waals surface area contributed by atoms with E-state index in [-0.39, 0.29) is 0 Å². The number of carbonyl (C=O) groups is 2. The summed E-state index contributed by atoms with van der Waals surface area (Å²) in [5.74, 6) is -0.682. The molecule has 0 atom stereocenters. The maximum absolute atomic E-state index is 11.4. The summed E-state index contributed by atoms with van der Waals surface area (Å²) >= 11 is 0. The van der Waals surface area contributed by atoms with Crippen LogP contribution in [0, 0.1) is 11.8 Å². The normalized spacial score (nSPS) is 16.4. The lowest BCUT2D eigenvalue weighted by molar-refractivity contribution is -0.168. The van der Waals surface area contributed by atoms with Crippen molar-refractivity contribution >= 4 is 11.9 Å². The topological polar surface area (TPSA) is 52.6 Å². The van der Waals surface area contributed by atoms with Gasteiger partial charge < -0.3 is 9.47 Å². The van der Waals surface area contributed by atoms with Crippen molar-refractivity contribution < 1.29 is 19.1 Å². The number of carbonyl (C=O) groups excluding carboxylic acids is 2. The highest BCUT2D eigenvalue weighted by atomic mass is 16.6. The molecule has 0 heterocycles. The van der Waals surface area contributed by atoms with Crippen LogP contribution >= 0.6 is 0 Å². The van der Waals surface area contributed by atoms with Crippen molar-refractivity contribution in [3.63, 3.8) is 0 Å². The molecule has 0 N–H and O–H groups in total. The molecular weight excluding hydrogens is 244 g/mol. The number of esters is 2. The minimum atomic E-state index is -0.848. The van der Waals surface area contributed by atoms with Gasteiger partial charge in [-0.1, -0.05) is 33.1 Å². The maximum Gasteiger partial charge on any atom is 0.417 e. The van der Waals surface area contributed by atoms with Crippen LogP contribution in [0.3, 0.4) is 0 Å². The van der Waals surface area contributed by atoms with Gasteiger partial charge in [0.15, 0.2) is 0 Å². The SMILES string of the molecule is CC(C)CCCOC(=O)C(=O)OCC1CCCCC1. The molecule has 1 aliphatic rings. The molecule has 110 valence electrons. The molecule has 4 nitrogen and oxygen atoms in total. The van der Waals surface area contributed by atoms with Gasteiger partial charge in [0.2, 0.25) is 0 Å². The van der Waals surface area contributed by atoms with Crippen LogP contribution < -0.4 is 0 Å². The van der Waals surface area contributed by atoms with Gasteiger partial charge in [0.25, 0.3) is 0 Å². The van der Waals surface area contributed by atoms with Crippen molar-refractivity contribution in [1.82, 2.24) is 0 Å². The number of hydrogen-bond acceptors (Lipinski definition) is 4. The van der Waals surface area contributed by atoms with Crippen LogP contribution in [0.25, 0.3) is 0 Å². The first-order valence-electron chi connectivity index (χ1n) is 7.43. The standard InChI is InChI=1S/C15H26O4/c1-12(2)7-6-10-18-14(16)15(17)19-11-13-8-4-3-5-9-13/h12-13H,3-11H2,1-2H3. The van der Waals surface area contributed by atoms with E-state index < -0.39 is 11.9 Å². The summed E-state index contributed by atoms with van der Waals surface area (Å²) in [4.78, 5) is 22.8. The van der Waals surface area contributed by atoms with E-state index in [4.69, 9.17) is 9.47 Å². The Bertz CT molecular complexity index is 280. The van der Waals surface area contributed by atoms with E-state index in [0.29, 0.717) is 25.0 Å². The van der Waals surface area contributed by atoms with Crippen LogP contribution in [0.2, 0.25) is 0 Å². The molecule has 1 saturated carbocycles. The Morgan fingerprint density at radius 3 is 2.32 bits per heavy atom. The van der Waals surface area contributed by atoms with E-state index in [1.807, 2.05) is 0 Å². The van der Waals surface area contributed by atoms with Crippen molar-refractivity contribution in [3.8, 4) is 0 Å². The molecule has 19 heavy (non-hydrogen) atoms. The van der Waals surface area contributed by atoms with Crippen LogP contribution in [-0.4, -0.2) is 25.2 Å². The van der Waals surface area contributed by atoms with Gasteiger partial charge in [-0.15, -0.1) is 0 Å². The fraction of sp³-hybridized carbons (Fsp3) is 0.867. The summed E-state index contributed by atoms with van der Waals surface area (Å²) in [7, 11) is 0. The molecule has 0 aromatic heterocycles. The van der Waals surface area contributed by atoms with Gasteiger partial charge in [-0.3, -0.25) is 0 Å². The molecule has 0 bridgehead atoms. The molecule has 1 aliphatic carbocycles. The lowest BCUT2D eigenvalue weighted by Gasteiger charge is -2.20. The zero-order valence-electron chi connectivity index (χ0n) is 12.2. The Hall–Kier alpha value is -1.06. The first-order chi connectivity index (χ1) is 9.09. The zero-order valence-corrected chi connectivity index (χ0v) is 12.2. The smallest absolute Gasteiger partial charge is 0.417 e. The Labute approximate surface area is 115 Å². The molecule has 1 fully saturated rings. The number of hydrogen-bond donors (Lipinski definition) is 0. The first-order valence-corrected chi connectivity index (χ1v) is 7.43. The van der Waals surface area contributed by atoms with E-state index in [1.165, 1.54) is 19.3 Å². The summed E-state index contributed by atoms with van der Waals surface area (Å²) in [6.07, 6.45) is 7.63. The van der Waals surface area contributed by atoms with E-state index in [9.17, 15) is 9.59 Å². The zero-order chi connectivity index (χ0) is 14.1.